The van der Waals surface area contributed by atoms with Gasteiger partial charge in [-0.3, -0.25) is 0 Å². The first kappa shape index (κ1) is 20.9. The summed E-state index contributed by atoms with van der Waals surface area (Å²) in [6.45, 7) is 5.65. The van der Waals surface area contributed by atoms with Crippen LogP contribution in [0.1, 0.15) is 38.0 Å². The molecule has 3 rings (SSSR count). The molecule has 0 aliphatic carbocycles. The molecule has 0 aliphatic heterocycles. The molecule has 0 aliphatic rings. The molecule has 3 N–H and O–H groups in total. The number of rotatable bonds is 4. The highest BCUT2D eigenvalue weighted by molar-refractivity contribution is 7.92. The van der Waals surface area contributed by atoms with Crippen molar-refractivity contribution >= 4 is 38.2 Å². The van der Waals surface area contributed by atoms with Gasteiger partial charge in [-0.05, 0) is 36.4 Å². The van der Waals surface area contributed by atoms with Gasteiger partial charge in [-0.15, -0.1) is 0 Å². The summed E-state index contributed by atoms with van der Waals surface area (Å²) >= 11 is 0. The fraction of sp³-hybridized carbons (Fsp3) is 0.286. The van der Waals surface area contributed by atoms with Crippen molar-refractivity contribution in [3.63, 3.8) is 0 Å². The largest absolute Gasteiger partial charge is 0.398 e. The predicted octanol–water partition coefficient (Wildman–Crippen LogP) is 5.05. The van der Waals surface area contributed by atoms with Crippen LogP contribution in [-0.2, 0) is 9.73 Å². The first-order valence-corrected chi connectivity index (χ1v) is 11.4. The van der Waals surface area contributed by atoms with E-state index in [-0.39, 0.29) is 7.34 Å². The second kappa shape index (κ2) is 7.51. The van der Waals surface area contributed by atoms with Gasteiger partial charge in [0.15, 0.2) is 5.82 Å². The maximum Gasteiger partial charge on any atom is 0.215 e. The Kier molecular flexibility index (Phi) is 5.40. The number of anilines is 1. The van der Waals surface area contributed by atoms with Crippen LogP contribution in [-0.4, -0.2) is 32.9 Å². The van der Waals surface area contributed by atoms with Crippen molar-refractivity contribution in [1.82, 2.24) is 9.97 Å². The first-order valence-electron chi connectivity index (χ1n) is 9.09. The first-order chi connectivity index (χ1) is 13.5. The molecule has 1 aromatic carbocycles. The summed E-state index contributed by atoms with van der Waals surface area (Å²) in [4.78, 5) is 8.60. The van der Waals surface area contributed by atoms with Crippen molar-refractivity contribution in [2.24, 2.45) is 4.36 Å². The van der Waals surface area contributed by atoms with Crippen LogP contribution in [0.25, 0.3) is 21.9 Å². The number of halogens is 1. The number of hydrogen-bond acceptors (Lipinski definition) is 6. The molecule has 6 nitrogen and oxygen atoms in total. The van der Waals surface area contributed by atoms with Crippen LogP contribution in [0.3, 0.4) is 0 Å². The standard InChI is InChI=1S/C21H24FN5OS.H2/c1-11(2)19-18(14-6-12(3)20(22)25-10-14)15-7-13(9-23)17(24)8-16(15)21(26-19)27-29(4,5)28;/h6-11,23H,24H2,1-5H3;1H. The Hall–Kier alpha value is -2.87. The van der Waals surface area contributed by atoms with Crippen LogP contribution in [0.4, 0.5) is 15.9 Å². The molecule has 0 amide bonds. The normalized spacial score (nSPS) is 11.8. The van der Waals surface area contributed by atoms with Gasteiger partial charge in [0.1, 0.15) is 0 Å². The maximum absolute atomic E-state index is 13.8. The van der Waals surface area contributed by atoms with Crippen molar-refractivity contribution < 1.29 is 10.0 Å². The lowest BCUT2D eigenvalue weighted by molar-refractivity contribution is 0.575. The topological polar surface area (TPSA) is 105 Å². The molecule has 154 valence electrons. The highest BCUT2D eigenvalue weighted by Crippen LogP contribution is 2.40. The lowest BCUT2D eigenvalue weighted by atomic mass is 9.91. The second-order valence-electron chi connectivity index (χ2n) is 7.63. The number of nitrogens with one attached hydrogen (secondary N) is 1. The number of aryl methyl sites for hydroxylation is 1. The van der Waals surface area contributed by atoms with E-state index < -0.39 is 15.7 Å². The van der Waals surface area contributed by atoms with E-state index >= 15 is 0 Å². The molecule has 8 heteroatoms. The van der Waals surface area contributed by atoms with Gasteiger partial charge in [0.2, 0.25) is 5.95 Å². The zero-order valence-corrected chi connectivity index (χ0v) is 17.9. The number of benzene rings is 1. The van der Waals surface area contributed by atoms with Crippen LogP contribution < -0.4 is 5.73 Å². The number of nitrogens with two attached hydrogens (primary N) is 1. The molecule has 0 saturated heterocycles. The van der Waals surface area contributed by atoms with Crippen LogP contribution >= 0.6 is 0 Å². The molecule has 0 unspecified atom stereocenters. The van der Waals surface area contributed by atoms with Crippen molar-refractivity contribution in [2.75, 3.05) is 18.2 Å². The summed E-state index contributed by atoms with van der Waals surface area (Å²) in [6, 6.07) is 5.22. The van der Waals surface area contributed by atoms with Gasteiger partial charge in [0.25, 0.3) is 0 Å². The molecular weight excluding hydrogens is 389 g/mol. The third kappa shape index (κ3) is 4.12. The lowest BCUT2D eigenvalue weighted by Gasteiger charge is -2.18. The minimum absolute atomic E-state index is 0. The van der Waals surface area contributed by atoms with E-state index in [0.29, 0.717) is 33.6 Å². The summed E-state index contributed by atoms with van der Waals surface area (Å²) in [7, 11) is -2.46. The molecule has 3 aromatic rings. The van der Waals surface area contributed by atoms with Gasteiger partial charge in [0, 0.05) is 69.4 Å². The van der Waals surface area contributed by atoms with E-state index in [1.54, 1.807) is 37.6 Å². The van der Waals surface area contributed by atoms with Crippen molar-refractivity contribution in [1.29, 1.82) is 5.41 Å². The van der Waals surface area contributed by atoms with Gasteiger partial charge >= 0.3 is 0 Å². The number of nitrogens with zero attached hydrogens (tertiary/aromatic N) is 3. The molecule has 2 aromatic heterocycles. The van der Waals surface area contributed by atoms with Gasteiger partial charge in [-0.2, -0.15) is 8.75 Å². The molecule has 29 heavy (non-hydrogen) atoms. The summed E-state index contributed by atoms with van der Waals surface area (Å²) < 4.78 is 30.5. The molecular formula is C21H26FN5OS. The van der Waals surface area contributed by atoms with E-state index in [1.165, 1.54) is 12.4 Å². The van der Waals surface area contributed by atoms with E-state index in [4.69, 9.17) is 16.1 Å². The molecule has 0 saturated carbocycles. The Morgan fingerprint density at radius 1 is 1.28 bits per heavy atom. The molecule has 0 fully saturated rings. The average molecular weight is 416 g/mol. The molecule has 0 radical (unpaired) electrons. The summed E-state index contributed by atoms with van der Waals surface area (Å²) in [5, 5.41) is 9.07. The molecule has 0 bridgehead atoms. The molecule has 0 atom stereocenters. The van der Waals surface area contributed by atoms with Crippen LogP contribution in [0.5, 0.6) is 0 Å². The lowest BCUT2D eigenvalue weighted by Crippen LogP contribution is -2.03. The van der Waals surface area contributed by atoms with Crippen molar-refractivity contribution in [2.45, 2.75) is 26.7 Å². The highest BCUT2D eigenvalue weighted by atomic mass is 32.2. The SMILES string of the molecule is Cc1cc(-c2c(C(C)C)nc(N=S(C)(C)=O)c3cc(N)c(C=N)cc23)cnc1F.[HH]. The number of nitrogen functional groups attached to an aromatic ring is 1. The van der Waals surface area contributed by atoms with Crippen molar-refractivity contribution in [3.8, 4) is 11.1 Å². The van der Waals surface area contributed by atoms with E-state index in [9.17, 15) is 8.60 Å². The van der Waals surface area contributed by atoms with Gasteiger partial charge < -0.3 is 11.1 Å². The van der Waals surface area contributed by atoms with E-state index in [0.717, 1.165) is 16.6 Å². The Morgan fingerprint density at radius 3 is 2.52 bits per heavy atom. The smallest absolute Gasteiger partial charge is 0.215 e. The van der Waals surface area contributed by atoms with E-state index in [1.807, 2.05) is 13.8 Å². The van der Waals surface area contributed by atoms with Gasteiger partial charge in [-0.25, -0.2) is 14.2 Å². The predicted molar refractivity (Wildman–Crippen MR) is 120 cm³/mol. The quantitative estimate of drug-likeness (QED) is 0.353. The summed E-state index contributed by atoms with van der Waals surface area (Å²) in [5.41, 5.74) is 9.71. The summed E-state index contributed by atoms with van der Waals surface area (Å²) in [5.74, 6) is -0.165. The Labute approximate surface area is 171 Å². The van der Waals surface area contributed by atoms with Crippen LogP contribution in [0.2, 0.25) is 0 Å². The molecule has 2 heterocycles. The molecule has 0 spiro atoms. The number of aromatic nitrogens is 2. The van der Waals surface area contributed by atoms with E-state index in [2.05, 4.69) is 9.35 Å². The third-order valence-corrected chi connectivity index (χ3v) is 5.14. The number of fused-ring (bicyclic) bond motifs is 1. The van der Waals surface area contributed by atoms with Crippen molar-refractivity contribution in [3.05, 3.63) is 47.2 Å². The zero-order valence-electron chi connectivity index (χ0n) is 17.1. The number of hydrogen-bond donors (Lipinski definition) is 2. The third-order valence-electron chi connectivity index (χ3n) is 4.53. The minimum atomic E-state index is -2.46. The fourth-order valence-electron chi connectivity index (χ4n) is 3.21. The Bertz CT molecular complexity index is 1260. The Balaban J connectivity index is 0.00000320. The van der Waals surface area contributed by atoms with Gasteiger partial charge in [0.05, 0.1) is 5.69 Å². The Morgan fingerprint density at radius 2 is 1.97 bits per heavy atom. The van der Waals surface area contributed by atoms with Crippen LogP contribution in [0, 0.1) is 18.3 Å². The average Bonchev–Trinajstić information content (AvgIpc) is 2.62. The monoisotopic (exact) mass is 415 g/mol. The number of pyridine rings is 2. The second-order valence-corrected chi connectivity index (χ2v) is 10.2. The summed E-state index contributed by atoms with van der Waals surface area (Å²) in [6.07, 6.45) is 5.75. The highest BCUT2D eigenvalue weighted by Gasteiger charge is 2.20. The maximum atomic E-state index is 13.8. The fourth-order valence-corrected chi connectivity index (χ4v) is 3.77. The van der Waals surface area contributed by atoms with Gasteiger partial charge in [-0.1, -0.05) is 13.8 Å². The van der Waals surface area contributed by atoms with Crippen LogP contribution in [0.15, 0.2) is 28.8 Å². The minimum Gasteiger partial charge on any atom is -0.398 e. The zero-order chi connectivity index (χ0) is 21.5.